The lowest BCUT2D eigenvalue weighted by atomic mass is 10.2. The van der Waals surface area contributed by atoms with Gasteiger partial charge in [0.1, 0.15) is 23.8 Å². The standard InChI is InChI=1S/C26H28FN9O4/c27-18-12-16(40-22-15-38-14-20(22)37)3-4-19(18)34-8-5-33(6-9-34)7-10-35-24-17(13-29-35)25-30-23(21-2-1-11-39-21)32-36(25)26(28)31-24/h1-4,11-13,20,22,37H,5-10,14-15H2,(H2,28,31)/t20-,22-/m0/s1. The number of halogens is 1. The van der Waals surface area contributed by atoms with Crippen LogP contribution in [-0.2, 0) is 11.3 Å². The number of hydrogen-bond acceptors (Lipinski definition) is 11. The van der Waals surface area contributed by atoms with Gasteiger partial charge in [-0.3, -0.25) is 4.90 Å². The molecule has 2 aliphatic heterocycles. The maximum Gasteiger partial charge on any atom is 0.225 e. The summed E-state index contributed by atoms with van der Waals surface area (Å²) in [6.45, 7) is 4.82. The number of nitrogens with zero attached hydrogens (tertiary/aromatic N) is 8. The number of fused-ring (bicyclic) bond motifs is 3. The van der Waals surface area contributed by atoms with Gasteiger partial charge in [0.05, 0.1) is 43.3 Å². The number of aromatic nitrogens is 6. The molecule has 2 saturated heterocycles. The molecule has 0 amide bonds. The minimum atomic E-state index is -0.701. The van der Waals surface area contributed by atoms with Crippen molar-refractivity contribution in [3.63, 3.8) is 0 Å². The first-order valence-corrected chi connectivity index (χ1v) is 13.1. The summed E-state index contributed by atoms with van der Waals surface area (Å²) in [4.78, 5) is 13.5. The van der Waals surface area contributed by atoms with Crippen molar-refractivity contribution in [2.45, 2.75) is 18.8 Å². The zero-order valence-corrected chi connectivity index (χ0v) is 21.6. The number of aliphatic hydroxyl groups is 1. The van der Waals surface area contributed by atoms with Gasteiger partial charge in [-0.2, -0.15) is 14.6 Å². The van der Waals surface area contributed by atoms with E-state index in [9.17, 15) is 9.50 Å². The van der Waals surface area contributed by atoms with Gasteiger partial charge in [-0.1, -0.05) is 0 Å². The largest absolute Gasteiger partial charge is 0.485 e. The summed E-state index contributed by atoms with van der Waals surface area (Å²) < 4.78 is 34.6. The van der Waals surface area contributed by atoms with Gasteiger partial charge < -0.3 is 29.6 Å². The topological polar surface area (TPSA) is 145 Å². The van der Waals surface area contributed by atoms with Crippen molar-refractivity contribution in [2.24, 2.45) is 0 Å². The monoisotopic (exact) mass is 549 g/mol. The van der Waals surface area contributed by atoms with E-state index >= 15 is 0 Å². The summed E-state index contributed by atoms with van der Waals surface area (Å²) in [5.74, 6) is 1.23. The van der Waals surface area contributed by atoms with E-state index in [0.717, 1.165) is 25.0 Å². The van der Waals surface area contributed by atoms with Crippen LogP contribution >= 0.6 is 0 Å². The second-order valence-corrected chi connectivity index (χ2v) is 9.93. The van der Waals surface area contributed by atoms with Crippen LogP contribution in [0, 0.1) is 5.82 Å². The molecule has 2 aliphatic rings. The molecule has 0 spiro atoms. The van der Waals surface area contributed by atoms with Crippen LogP contribution in [0.4, 0.5) is 16.0 Å². The Balaban J connectivity index is 0.990. The Morgan fingerprint density at radius 2 is 1.95 bits per heavy atom. The van der Waals surface area contributed by atoms with Crippen LogP contribution in [0.25, 0.3) is 28.3 Å². The normalized spacial score (nSPS) is 20.2. The van der Waals surface area contributed by atoms with Crippen LogP contribution < -0.4 is 15.4 Å². The fraction of sp³-hybridized carbons (Fsp3) is 0.385. The fourth-order valence-corrected chi connectivity index (χ4v) is 5.21. The van der Waals surface area contributed by atoms with E-state index in [2.05, 4.69) is 25.1 Å². The second kappa shape index (κ2) is 10.0. The Morgan fingerprint density at radius 1 is 1.07 bits per heavy atom. The predicted molar refractivity (Wildman–Crippen MR) is 142 cm³/mol. The van der Waals surface area contributed by atoms with Crippen molar-refractivity contribution < 1.29 is 23.4 Å². The van der Waals surface area contributed by atoms with Crippen molar-refractivity contribution in [3.8, 4) is 17.3 Å². The molecule has 14 heteroatoms. The lowest BCUT2D eigenvalue weighted by Crippen LogP contribution is -2.47. The number of rotatable bonds is 7. The van der Waals surface area contributed by atoms with E-state index in [0.29, 0.717) is 60.6 Å². The number of nitrogen functional groups attached to an aromatic ring is 1. The minimum Gasteiger partial charge on any atom is -0.485 e. The molecule has 13 nitrogen and oxygen atoms in total. The highest BCUT2D eigenvalue weighted by atomic mass is 19.1. The molecule has 0 aliphatic carbocycles. The van der Waals surface area contributed by atoms with Gasteiger partial charge in [0.2, 0.25) is 11.8 Å². The van der Waals surface area contributed by atoms with Crippen LogP contribution in [0.15, 0.2) is 47.2 Å². The molecule has 2 fully saturated rings. The quantitative estimate of drug-likeness (QED) is 0.304. The number of furan rings is 1. The van der Waals surface area contributed by atoms with Crippen LogP contribution in [0.2, 0.25) is 0 Å². The summed E-state index contributed by atoms with van der Waals surface area (Å²) in [6, 6.07) is 8.41. The summed E-state index contributed by atoms with van der Waals surface area (Å²) in [6.07, 6.45) is 2.12. The van der Waals surface area contributed by atoms with Crippen molar-refractivity contribution in [1.29, 1.82) is 0 Å². The van der Waals surface area contributed by atoms with Crippen LogP contribution in [-0.4, -0.2) is 97.5 Å². The number of piperazine rings is 1. The molecule has 7 rings (SSSR count). The number of benzene rings is 1. The molecule has 5 aromatic rings. The maximum absolute atomic E-state index is 14.9. The molecular weight excluding hydrogens is 521 g/mol. The Hall–Kier alpha value is -4.27. The summed E-state index contributed by atoms with van der Waals surface area (Å²) in [5.41, 5.74) is 7.95. The predicted octanol–water partition coefficient (Wildman–Crippen LogP) is 1.42. The molecule has 0 unspecified atom stereocenters. The Kier molecular flexibility index (Phi) is 6.21. The van der Waals surface area contributed by atoms with E-state index in [1.54, 1.807) is 36.7 Å². The van der Waals surface area contributed by atoms with E-state index in [4.69, 9.17) is 19.6 Å². The Labute approximate surface area is 227 Å². The molecule has 0 saturated carbocycles. The van der Waals surface area contributed by atoms with Gasteiger partial charge in [0, 0.05) is 38.8 Å². The first kappa shape index (κ1) is 24.7. The van der Waals surface area contributed by atoms with Crippen molar-refractivity contribution in [2.75, 3.05) is 56.6 Å². The molecule has 1 aromatic carbocycles. The van der Waals surface area contributed by atoms with E-state index in [1.807, 2.05) is 9.58 Å². The molecule has 6 heterocycles. The third-order valence-corrected chi connectivity index (χ3v) is 7.39. The number of aliphatic hydroxyl groups excluding tert-OH is 1. The van der Waals surface area contributed by atoms with Gasteiger partial charge in [-0.15, -0.1) is 5.10 Å². The van der Waals surface area contributed by atoms with Crippen LogP contribution in [0.5, 0.6) is 5.75 Å². The SMILES string of the molecule is Nc1nc2c(cnn2CCN2CCN(c3ccc(O[C@H]4COC[C@@H]4O)cc3F)CC2)c2nc(-c3ccco3)nn12. The highest BCUT2D eigenvalue weighted by Crippen LogP contribution is 2.27. The Bertz CT molecular complexity index is 1650. The molecule has 208 valence electrons. The molecule has 4 aromatic heterocycles. The second-order valence-electron chi connectivity index (χ2n) is 9.93. The van der Waals surface area contributed by atoms with Crippen molar-refractivity contribution in [1.82, 2.24) is 34.3 Å². The third-order valence-electron chi connectivity index (χ3n) is 7.39. The average molecular weight is 550 g/mol. The van der Waals surface area contributed by atoms with E-state index in [1.165, 1.54) is 10.6 Å². The summed E-state index contributed by atoms with van der Waals surface area (Å²) >= 11 is 0. The summed E-state index contributed by atoms with van der Waals surface area (Å²) in [7, 11) is 0. The van der Waals surface area contributed by atoms with Gasteiger partial charge in [-0.05, 0) is 24.3 Å². The highest BCUT2D eigenvalue weighted by Gasteiger charge is 2.28. The first-order valence-electron chi connectivity index (χ1n) is 13.1. The lowest BCUT2D eigenvalue weighted by Gasteiger charge is -2.36. The minimum absolute atomic E-state index is 0.217. The van der Waals surface area contributed by atoms with Crippen LogP contribution in [0.1, 0.15) is 0 Å². The molecule has 2 atom stereocenters. The maximum atomic E-state index is 14.9. The van der Waals surface area contributed by atoms with Gasteiger partial charge in [0.25, 0.3) is 0 Å². The molecule has 40 heavy (non-hydrogen) atoms. The molecule has 0 radical (unpaired) electrons. The molecule has 3 N–H and O–H groups in total. The van der Waals surface area contributed by atoms with Gasteiger partial charge in [0.15, 0.2) is 17.1 Å². The van der Waals surface area contributed by atoms with Crippen molar-refractivity contribution in [3.05, 3.63) is 48.6 Å². The van der Waals surface area contributed by atoms with E-state index in [-0.39, 0.29) is 18.4 Å². The zero-order chi connectivity index (χ0) is 27.2. The number of nitrogens with two attached hydrogens (primary N) is 1. The Morgan fingerprint density at radius 3 is 2.70 bits per heavy atom. The molecular formula is C26H28FN9O4. The fourth-order valence-electron chi connectivity index (χ4n) is 5.21. The first-order chi connectivity index (χ1) is 19.5. The number of ether oxygens (including phenoxy) is 2. The number of anilines is 2. The smallest absolute Gasteiger partial charge is 0.225 e. The highest BCUT2D eigenvalue weighted by molar-refractivity contribution is 5.90. The summed E-state index contributed by atoms with van der Waals surface area (Å²) in [5, 5.41) is 19.6. The average Bonchev–Trinajstić information content (AvgIpc) is 3.76. The van der Waals surface area contributed by atoms with Gasteiger partial charge in [-0.25, -0.2) is 14.1 Å². The molecule has 0 bridgehead atoms. The number of hydrogen-bond donors (Lipinski definition) is 2. The van der Waals surface area contributed by atoms with Gasteiger partial charge >= 0.3 is 0 Å². The van der Waals surface area contributed by atoms with E-state index < -0.39 is 12.2 Å². The third kappa shape index (κ3) is 4.49. The van der Waals surface area contributed by atoms with Crippen LogP contribution in [0.3, 0.4) is 0 Å². The zero-order valence-electron chi connectivity index (χ0n) is 21.6. The lowest BCUT2D eigenvalue weighted by molar-refractivity contribution is 0.0731. The van der Waals surface area contributed by atoms with Crippen molar-refractivity contribution >= 4 is 28.3 Å².